The lowest BCUT2D eigenvalue weighted by atomic mass is 10.1. The first-order chi connectivity index (χ1) is 24.1. The Hall–Kier alpha value is -2.45. The normalized spacial score (nSPS) is 13.4. The molecule has 0 aromatic rings. The zero-order valence-corrected chi connectivity index (χ0v) is 32.8. The fourth-order valence-electron chi connectivity index (χ4n) is 5.69. The van der Waals surface area contributed by atoms with Gasteiger partial charge < -0.3 is 23.8 Å². The van der Waals surface area contributed by atoms with Gasteiger partial charge in [-0.3, -0.25) is 9.59 Å². The molecule has 0 aliphatic carbocycles. The van der Waals surface area contributed by atoms with Gasteiger partial charge in [-0.1, -0.05) is 134 Å². The Morgan fingerprint density at radius 1 is 0.620 bits per heavy atom. The smallest absolute Gasteiger partial charge is 0.362 e. The van der Waals surface area contributed by atoms with Crippen molar-refractivity contribution < 1.29 is 38.2 Å². The number of aliphatic carboxylic acids is 1. The Bertz CT molecular complexity index is 922. The molecular weight excluding hydrogens is 630 g/mol. The highest BCUT2D eigenvalue weighted by Gasteiger charge is 2.31. The molecule has 0 saturated carbocycles. The second kappa shape index (κ2) is 33.7. The Morgan fingerprint density at radius 3 is 1.66 bits per heavy atom. The summed E-state index contributed by atoms with van der Waals surface area (Å²) in [7, 11) is 5.51. The molecule has 8 heteroatoms. The van der Waals surface area contributed by atoms with E-state index in [1.807, 2.05) is 21.1 Å². The number of hydrogen-bond donors (Lipinski definition) is 1. The topological polar surface area (TPSA) is 99.1 Å². The number of unbranched alkanes of at least 4 members (excludes halogenated alkanes) is 15. The van der Waals surface area contributed by atoms with Crippen LogP contribution in [0.15, 0.2) is 36.5 Å². The fraction of sp³-hybridized carbons (Fsp3) is 0.786. The number of carbonyl (C=O) groups excluding carboxylic acids is 2. The van der Waals surface area contributed by atoms with Gasteiger partial charge in [0.05, 0.1) is 34.4 Å². The largest absolute Gasteiger partial charge is 0.477 e. The van der Waals surface area contributed by atoms with Gasteiger partial charge in [-0.15, -0.1) is 0 Å². The van der Waals surface area contributed by atoms with Crippen LogP contribution in [0.25, 0.3) is 0 Å². The number of carbonyl (C=O) groups is 3. The maximum Gasteiger partial charge on any atom is 0.362 e. The number of carboxylic acids is 1. The number of rotatable bonds is 35. The third-order valence-electron chi connectivity index (χ3n) is 8.80. The van der Waals surface area contributed by atoms with Crippen LogP contribution in [0.2, 0.25) is 0 Å². The zero-order valence-electron chi connectivity index (χ0n) is 32.8. The first-order valence-corrected chi connectivity index (χ1v) is 20.0. The number of allylic oxidation sites excluding steroid dienone is 6. The summed E-state index contributed by atoms with van der Waals surface area (Å²) in [5.41, 5.74) is 0. The molecule has 0 amide bonds. The van der Waals surface area contributed by atoms with E-state index >= 15 is 0 Å². The lowest BCUT2D eigenvalue weighted by Gasteiger charge is -2.31. The van der Waals surface area contributed by atoms with E-state index in [4.69, 9.17) is 14.2 Å². The number of ether oxygens (including phenoxy) is 3. The van der Waals surface area contributed by atoms with Crippen molar-refractivity contribution in [2.75, 3.05) is 41.0 Å². The first-order valence-electron chi connectivity index (χ1n) is 20.0. The molecule has 0 rings (SSSR count). The van der Waals surface area contributed by atoms with Crippen molar-refractivity contribution in [2.24, 2.45) is 0 Å². The summed E-state index contributed by atoms with van der Waals surface area (Å²) in [6.45, 7) is 4.57. The highest BCUT2D eigenvalue weighted by atomic mass is 16.6. The van der Waals surface area contributed by atoms with Crippen molar-refractivity contribution in [1.29, 1.82) is 0 Å². The fourth-order valence-corrected chi connectivity index (χ4v) is 5.69. The minimum Gasteiger partial charge on any atom is -0.477 e. The van der Waals surface area contributed by atoms with Crippen LogP contribution in [0.1, 0.15) is 162 Å². The van der Waals surface area contributed by atoms with E-state index in [-0.39, 0.29) is 36.2 Å². The summed E-state index contributed by atoms with van der Waals surface area (Å²) in [5.74, 6) is -1.48. The molecule has 1 N–H and O–H groups in total. The monoisotopic (exact) mass is 707 g/mol. The summed E-state index contributed by atoms with van der Waals surface area (Å²) in [5, 5.41) is 9.57. The number of nitrogens with zero attached hydrogens (tertiary/aromatic N) is 1. The molecule has 50 heavy (non-hydrogen) atoms. The molecule has 0 aromatic heterocycles. The van der Waals surface area contributed by atoms with Gasteiger partial charge in [0.2, 0.25) is 0 Å². The quantitative estimate of drug-likeness (QED) is 0.0303. The molecule has 8 nitrogen and oxygen atoms in total. The molecule has 0 aromatic carbocycles. The van der Waals surface area contributed by atoms with Gasteiger partial charge in [0.1, 0.15) is 6.61 Å². The average molecular weight is 707 g/mol. The molecule has 0 bridgehead atoms. The van der Waals surface area contributed by atoms with Gasteiger partial charge in [0, 0.05) is 19.3 Å². The standard InChI is InChI=1S/C42H75NO7/c1-6-8-10-12-14-15-16-17-18-19-20-21-22-23-24-25-27-29-31-33-41(45)50-38(36-48-35-34-39(42(46)47)43(3,4)5)37-49-40(44)32-30-28-26-13-11-9-7-2/h8,10,14-15,17-18,38-39H,6-7,9,11-13,16,19-37H2,1-5H3/p+1/b10-8+,15-14+,18-17+. The van der Waals surface area contributed by atoms with E-state index in [0.29, 0.717) is 19.3 Å². The van der Waals surface area contributed by atoms with E-state index in [9.17, 15) is 19.5 Å². The minimum atomic E-state index is -0.877. The van der Waals surface area contributed by atoms with Crippen LogP contribution < -0.4 is 0 Å². The summed E-state index contributed by atoms with van der Waals surface area (Å²) in [6, 6.07) is -0.612. The maximum atomic E-state index is 12.7. The molecule has 0 heterocycles. The number of esters is 2. The molecule has 0 aliphatic heterocycles. The molecular formula is C42H76NO7+. The Labute approximate surface area is 306 Å². The van der Waals surface area contributed by atoms with Gasteiger partial charge in [-0.2, -0.15) is 0 Å². The molecule has 0 spiro atoms. The Morgan fingerprint density at radius 2 is 1.12 bits per heavy atom. The van der Waals surface area contributed by atoms with Crippen molar-refractivity contribution in [3.8, 4) is 0 Å². The van der Waals surface area contributed by atoms with Gasteiger partial charge in [-0.25, -0.2) is 4.79 Å². The molecule has 0 radical (unpaired) electrons. The van der Waals surface area contributed by atoms with E-state index in [2.05, 4.69) is 50.3 Å². The van der Waals surface area contributed by atoms with Crippen LogP contribution in [-0.2, 0) is 28.6 Å². The molecule has 290 valence electrons. The van der Waals surface area contributed by atoms with Crippen LogP contribution in [0.3, 0.4) is 0 Å². The zero-order chi connectivity index (χ0) is 37.1. The van der Waals surface area contributed by atoms with Crippen molar-refractivity contribution >= 4 is 17.9 Å². The third kappa shape index (κ3) is 31.5. The van der Waals surface area contributed by atoms with Crippen LogP contribution >= 0.6 is 0 Å². The molecule has 0 saturated heterocycles. The van der Waals surface area contributed by atoms with Crippen molar-refractivity contribution in [3.63, 3.8) is 0 Å². The predicted octanol–water partition coefficient (Wildman–Crippen LogP) is 10.3. The van der Waals surface area contributed by atoms with Crippen molar-refractivity contribution in [1.82, 2.24) is 0 Å². The van der Waals surface area contributed by atoms with E-state index in [1.54, 1.807) is 0 Å². The number of hydrogen-bond acceptors (Lipinski definition) is 6. The summed E-state index contributed by atoms with van der Waals surface area (Å²) in [4.78, 5) is 36.7. The third-order valence-corrected chi connectivity index (χ3v) is 8.80. The van der Waals surface area contributed by atoms with Gasteiger partial charge in [0.25, 0.3) is 0 Å². The highest BCUT2D eigenvalue weighted by molar-refractivity contribution is 5.72. The Balaban J connectivity index is 4.28. The lowest BCUT2D eigenvalue weighted by molar-refractivity contribution is -0.887. The van der Waals surface area contributed by atoms with Crippen LogP contribution in [0, 0.1) is 0 Å². The summed E-state index contributed by atoms with van der Waals surface area (Å²) in [6.07, 6.45) is 36.3. The van der Waals surface area contributed by atoms with Gasteiger partial charge in [-0.05, 0) is 44.9 Å². The lowest BCUT2D eigenvalue weighted by Crippen LogP contribution is -2.50. The van der Waals surface area contributed by atoms with E-state index < -0.39 is 18.1 Å². The SMILES string of the molecule is CC/C=C/C/C=C/C/C=C/CCCCCCCCCCCC(=O)OC(COCCC(C(=O)O)[N+](C)(C)C)COC(=O)CCCCCCCCC. The average Bonchev–Trinajstić information content (AvgIpc) is 3.06. The first kappa shape index (κ1) is 47.5. The summed E-state index contributed by atoms with van der Waals surface area (Å²) >= 11 is 0. The minimum absolute atomic E-state index is 0.0520. The molecule has 2 unspecified atom stereocenters. The van der Waals surface area contributed by atoms with E-state index in [0.717, 1.165) is 64.2 Å². The molecule has 0 aliphatic rings. The van der Waals surface area contributed by atoms with Crippen LogP contribution in [0.5, 0.6) is 0 Å². The van der Waals surface area contributed by atoms with Crippen molar-refractivity contribution in [2.45, 2.75) is 174 Å². The number of carboxylic acid groups (broad SMARTS) is 1. The van der Waals surface area contributed by atoms with Crippen molar-refractivity contribution in [3.05, 3.63) is 36.5 Å². The Kier molecular flexibility index (Phi) is 32.0. The van der Waals surface area contributed by atoms with Crippen LogP contribution in [0.4, 0.5) is 0 Å². The van der Waals surface area contributed by atoms with Crippen LogP contribution in [-0.4, -0.2) is 80.6 Å². The second-order valence-electron chi connectivity index (χ2n) is 14.5. The second-order valence-corrected chi connectivity index (χ2v) is 14.5. The van der Waals surface area contributed by atoms with E-state index in [1.165, 1.54) is 64.2 Å². The molecule has 0 fully saturated rings. The highest BCUT2D eigenvalue weighted by Crippen LogP contribution is 2.14. The number of quaternary nitrogens is 1. The maximum absolute atomic E-state index is 12.7. The predicted molar refractivity (Wildman–Crippen MR) is 206 cm³/mol. The number of likely N-dealkylation sites (N-methyl/N-ethyl adjacent to an activating group) is 1. The van der Waals surface area contributed by atoms with Gasteiger partial charge in [0.15, 0.2) is 12.1 Å². The summed E-state index contributed by atoms with van der Waals surface area (Å²) < 4.78 is 17.2. The molecule has 2 atom stereocenters. The van der Waals surface area contributed by atoms with Gasteiger partial charge >= 0.3 is 17.9 Å².